The van der Waals surface area contributed by atoms with Crippen LogP contribution in [0.4, 0.5) is 4.39 Å². The summed E-state index contributed by atoms with van der Waals surface area (Å²) in [6.45, 7) is 1.07. The second-order valence-electron chi connectivity index (χ2n) is 4.93. The second kappa shape index (κ2) is 5.51. The van der Waals surface area contributed by atoms with Crippen LogP contribution in [-0.2, 0) is 13.0 Å². The first-order chi connectivity index (χ1) is 9.74. The minimum Gasteiger partial charge on any atom is -0.505 e. The topological polar surface area (TPSA) is 41.5 Å². The lowest BCUT2D eigenvalue weighted by atomic mass is 10.1. The fourth-order valence-electron chi connectivity index (χ4n) is 2.44. The largest absolute Gasteiger partial charge is 0.505 e. The monoisotopic (exact) mass is 273 g/mol. The molecule has 0 radical (unpaired) electrons. The van der Waals surface area contributed by atoms with Gasteiger partial charge in [0.1, 0.15) is 11.9 Å². The Hall–Kier alpha value is -2.07. The summed E-state index contributed by atoms with van der Waals surface area (Å²) in [5, 5.41) is 12.8. The number of para-hydroxylation sites is 2. The molecule has 0 amide bonds. The highest BCUT2D eigenvalue weighted by Crippen LogP contribution is 2.28. The third-order valence-electron chi connectivity index (χ3n) is 3.47. The van der Waals surface area contributed by atoms with Crippen molar-refractivity contribution in [2.45, 2.75) is 19.1 Å². The van der Waals surface area contributed by atoms with E-state index in [9.17, 15) is 9.50 Å². The van der Waals surface area contributed by atoms with Gasteiger partial charge in [0.2, 0.25) is 0 Å². The predicted molar refractivity (Wildman–Crippen MR) is 74.3 cm³/mol. The number of benzene rings is 2. The summed E-state index contributed by atoms with van der Waals surface area (Å²) < 4.78 is 19.0. The number of fused-ring (bicyclic) bond motifs is 1. The zero-order chi connectivity index (χ0) is 13.9. The Morgan fingerprint density at radius 2 is 2.05 bits per heavy atom. The summed E-state index contributed by atoms with van der Waals surface area (Å²) in [6, 6.07) is 12.5. The van der Waals surface area contributed by atoms with Gasteiger partial charge in [0.25, 0.3) is 0 Å². The summed E-state index contributed by atoms with van der Waals surface area (Å²) in [5.41, 5.74) is 1.77. The average molecular weight is 273 g/mol. The maximum absolute atomic E-state index is 13.2. The van der Waals surface area contributed by atoms with Crippen molar-refractivity contribution in [2.24, 2.45) is 0 Å². The van der Waals surface area contributed by atoms with E-state index >= 15 is 0 Å². The standard InChI is InChI=1S/C16H16FNO2/c17-14-6-3-5-12(16(14)19)9-18-10-13-8-11-4-1-2-7-15(11)20-13/h1-7,13,18-19H,8-10H2. The van der Waals surface area contributed by atoms with Crippen molar-refractivity contribution < 1.29 is 14.2 Å². The molecule has 0 fully saturated rings. The maximum Gasteiger partial charge on any atom is 0.165 e. The van der Waals surface area contributed by atoms with Gasteiger partial charge in [-0.15, -0.1) is 0 Å². The van der Waals surface area contributed by atoms with Crippen molar-refractivity contribution in [2.75, 3.05) is 6.54 Å². The molecule has 0 spiro atoms. The second-order valence-corrected chi connectivity index (χ2v) is 4.93. The Labute approximate surface area is 117 Å². The van der Waals surface area contributed by atoms with E-state index in [-0.39, 0.29) is 11.9 Å². The molecule has 2 aromatic rings. The van der Waals surface area contributed by atoms with Crippen LogP contribution in [0.2, 0.25) is 0 Å². The number of hydrogen-bond donors (Lipinski definition) is 2. The van der Waals surface area contributed by atoms with Gasteiger partial charge in [0.15, 0.2) is 11.6 Å². The number of nitrogens with one attached hydrogen (secondary N) is 1. The molecule has 20 heavy (non-hydrogen) atoms. The summed E-state index contributed by atoms with van der Waals surface area (Å²) in [7, 11) is 0. The van der Waals surface area contributed by atoms with Crippen molar-refractivity contribution >= 4 is 0 Å². The number of ether oxygens (including phenoxy) is 1. The van der Waals surface area contributed by atoms with Crippen LogP contribution in [0.5, 0.6) is 11.5 Å². The Morgan fingerprint density at radius 3 is 2.90 bits per heavy atom. The molecule has 1 heterocycles. The van der Waals surface area contributed by atoms with E-state index < -0.39 is 5.82 Å². The number of phenols is 1. The fourth-order valence-corrected chi connectivity index (χ4v) is 2.44. The minimum atomic E-state index is -0.589. The molecular formula is C16H16FNO2. The number of phenolic OH excluding ortho intramolecular Hbond substituents is 1. The lowest BCUT2D eigenvalue weighted by molar-refractivity contribution is 0.227. The zero-order valence-corrected chi connectivity index (χ0v) is 11.0. The Balaban J connectivity index is 1.53. The Kier molecular flexibility index (Phi) is 3.56. The van der Waals surface area contributed by atoms with Crippen LogP contribution in [0.25, 0.3) is 0 Å². The van der Waals surface area contributed by atoms with Crippen molar-refractivity contribution in [3.05, 3.63) is 59.4 Å². The highest BCUT2D eigenvalue weighted by Gasteiger charge is 2.21. The van der Waals surface area contributed by atoms with Gasteiger partial charge in [-0.3, -0.25) is 0 Å². The van der Waals surface area contributed by atoms with Gasteiger partial charge in [-0.25, -0.2) is 4.39 Å². The third-order valence-corrected chi connectivity index (χ3v) is 3.47. The average Bonchev–Trinajstić information content (AvgIpc) is 2.86. The van der Waals surface area contributed by atoms with Crippen molar-refractivity contribution in [3.8, 4) is 11.5 Å². The lowest BCUT2D eigenvalue weighted by Gasteiger charge is -2.12. The molecule has 0 aliphatic carbocycles. The van der Waals surface area contributed by atoms with Crippen LogP contribution >= 0.6 is 0 Å². The fraction of sp³-hybridized carbons (Fsp3) is 0.250. The van der Waals surface area contributed by atoms with Gasteiger partial charge in [-0.1, -0.05) is 30.3 Å². The predicted octanol–water partition coefficient (Wildman–Crippen LogP) is 2.62. The minimum absolute atomic E-state index is 0.0862. The molecule has 4 heteroatoms. The molecular weight excluding hydrogens is 257 g/mol. The first-order valence-corrected chi connectivity index (χ1v) is 6.65. The van der Waals surface area contributed by atoms with Crippen LogP contribution in [0.3, 0.4) is 0 Å². The van der Waals surface area contributed by atoms with Crippen LogP contribution < -0.4 is 10.1 Å². The van der Waals surface area contributed by atoms with Crippen LogP contribution in [0.15, 0.2) is 42.5 Å². The van der Waals surface area contributed by atoms with Gasteiger partial charge in [-0.05, 0) is 17.7 Å². The number of rotatable bonds is 4. The molecule has 0 bridgehead atoms. The normalized spacial score (nSPS) is 16.8. The molecule has 2 aromatic carbocycles. The molecule has 1 atom stereocenters. The molecule has 0 saturated carbocycles. The van der Waals surface area contributed by atoms with Gasteiger partial charge < -0.3 is 15.2 Å². The molecule has 0 aromatic heterocycles. The smallest absolute Gasteiger partial charge is 0.165 e. The molecule has 1 aliphatic rings. The van der Waals surface area contributed by atoms with Gasteiger partial charge in [0, 0.05) is 25.1 Å². The highest BCUT2D eigenvalue weighted by molar-refractivity contribution is 5.37. The Bertz CT molecular complexity index is 590. The first kappa shape index (κ1) is 12.9. The molecule has 3 rings (SSSR count). The summed E-state index contributed by atoms with van der Waals surface area (Å²) in [5.74, 6) is 0.0670. The SMILES string of the molecule is Oc1c(F)cccc1CNCC1Cc2ccccc2O1. The van der Waals surface area contributed by atoms with Crippen molar-refractivity contribution in [1.29, 1.82) is 0 Å². The van der Waals surface area contributed by atoms with Crippen molar-refractivity contribution in [1.82, 2.24) is 5.32 Å². The van der Waals surface area contributed by atoms with Gasteiger partial charge in [0.05, 0.1) is 0 Å². The van der Waals surface area contributed by atoms with E-state index in [0.29, 0.717) is 18.7 Å². The van der Waals surface area contributed by atoms with E-state index in [1.165, 1.54) is 11.6 Å². The van der Waals surface area contributed by atoms with Gasteiger partial charge in [-0.2, -0.15) is 0 Å². The van der Waals surface area contributed by atoms with E-state index in [4.69, 9.17) is 4.74 Å². The van der Waals surface area contributed by atoms with Crippen LogP contribution in [-0.4, -0.2) is 17.8 Å². The van der Waals surface area contributed by atoms with Crippen molar-refractivity contribution in [3.63, 3.8) is 0 Å². The van der Waals surface area contributed by atoms with Crippen LogP contribution in [0.1, 0.15) is 11.1 Å². The number of aromatic hydroxyl groups is 1. The third kappa shape index (κ3) is 2.60. The summed E-state index contributed by atoms with van der Waals surface area (Å²) in [4.78, 5) is 0. The Morgan fingerprint density at radius 1 is 1.20 bits per heavy atom. The molecule has 3 nitrogen and oxygen atoms in total. The summed E-state index contributed by atoms with van der Waals surface area (Å²) >= 11 is 0. The lowest BCUT2D eigenvalue weighted by Crippen LogP contribution is -2.29. The van der Waals surface area contributed by atoms with E-state index in [1.54, 1.807) is 12.1 Å². The van der Waals surface area contributed by atoms with Crippen LogP contribution in [0, 0.1) is 5.82 Å². The zero-order valence-electron chi connectivity index (χ0n) is 11.0. The molecule has 2 N–H and O–H groups in total. The van der Waals surface area contributed by atoms with E-state index in [0.717, 1.165) is 12.2 Å². The van der Waals surface area contributed by atoms with E-state index in [1.807, 2.05) is 18.2 Å². The maximum atomic E-state index is 13.2. The highest BCUT2D eigenvalue weighted by atomic mass is 19.1. The number of hydrogen-bond acceptors (Lipinski definition) is 3. The van der Waals surface area contributed by atoms with Gasteiger partial charge >= 0.3 is 0 Å². The van der Waals surface area contributed by atoms with E-state index in [2.05, 4.69) is 11.4 Å². The quantitative estimate of drug-likeness (QED) is 0.899. The molecule has 1 aliphatic heterocycles. The molecule has 0 saturated heterocycles. The molecule has 104 valence electrons. The first-order valence-electron chi connectivity index (χ1n) is 6.65. The summed E-state index contributed by atoms with van der Waals surface area (Å²) in [6.07, 6.45) is 0.960. The molecule has 1 unspecified atom stereocenters. The number of halogens is 1.